The summed E-state index contributed by atoms with van der Waals surface area (Å²) in [6.45, 7) is 0. The second kappa shape index (κ2) is 8.57. The highest BCUT2D eigenvalue weighted by atomic mass is 79.9. The van der Waals surface area contributed by atoms with Crippen LogP contribution in [0.4, 0.5) is 0 Å². The van der Waals surface area contributed by atoms with Gasteiger partial charge in [0.1, 0.15) is 17.6 Å². The number of carbonyl (C=O) groups excluding carboxylic acids is 2. The Hall–Kier alpha value is -2.34. The Labute approximate surface area is 166 Å². The molecule has 0 aromatic heterocycles. The monoisotopic (exact) mass is 432 g/mol. The SMILES string of the molecule is COC(=O)CCCC1Oc2ccc(OC)cc2C1C(=O)c1ccc(Br)cc1. The van der Waals surface area contributed by atoms with Crippen LogP contribution in [0.25, 0.3) is 0 Å². The first-order chi connectivity index (χ1) is 13.0. The van der Waals surface area contributed by atoms with Crippen LogP contribution in [0, 0.1) is 0 Å². The molecule has 0 saturated carbocycles. The molecular weight excluding hydrogens is 412 g/mol. The maximum Gasteiger partial charge on any atom is 0.305 e. The van der Waals surface area contributed by atoms with Crippen molar-refractivity contribution in [1.82, 2.24) is 0 Å². The standard InChI is InChI=1S/C21H21BrO5/c1-25-15-10-11-17-16(12-15)20(18(27-17)4-3-5-19(23)26-2)21(24)13-6-8-14(22)9-7-13/h6-12,18,20H,3-5H2,1-2H3. The first-order valence-electron chi connectivity index (χ1n) is 8.74. The number of ether oxygens (including phenoxy) is 3. The molecule has 6 heteroatoms. The predicted molar refractivity (Wildman–Crippen MR) is 104 cm³/mol. The number of esters is 1. The highest BCUT2D eigenvalue weighted by Gasteiger charge is 2.39. The Morgan fingerprint density at radius 3 is 2.52 bits per heavy atom. The molecule has 2 atom stereocenters. The van der Waals surface area contributed by atoms with Gasteiger partial charge in [0.05, 0.1) is 20.1 Å². The van der Waals surface area contributed by atoms with Crippen LogP contribution < -0.4 is 9.47 Å². The predicted octanol–water partition coefficient (Wildman–Crippen LogP) is 4.53. The van der Waals surface area contributed by atoms with Gasteiger partial charge in [0.2, 0.25) is 0 Å². The fraction of sp³-hybridized carbons (Fsp3) is 0.333. The molecule has 0 saturated heterocycles. The number of hydrogen-bond acceptors (Lipinski definition) is 5. The van der Waals surface area contributed by atoms with E-state index in [2.05, 4.69) is 15.9 Å². The van der Waals surface area contributed by atoms with Crippen LogP contribution in [-0.4, -0.2) is 32.1 Å². The Bertz CT molecular complexity index is 831. The van der Waals surface area contributed by atoms with Gasteiger partial charge in [0.25, 0.3) is 0 Å². The Morgan fingerprint density at radius 1 is 1.11 bits per heavy atom. The molecule has 2 aromatic carbocycles. The van der Waals surface area contributed by atoms with E-state index in [-0.39, 0.29) is 17.9 Å². The Morgan fingerprint density at radius 2 is 1.85 bits per heavy atom. The molecule has 1 heterocycles. The van der Waals surface area contributed by atoms with E-state index in [1.165, 1.54) is 7.11 Å². The number of fused-ring (bicyclic) bond motifs is 1. The number of methoxy groups -OCH3 is 2. The Balaban J connectivity index is 1.87. The number of halogens is 1. The highest BCUT2D eigenvalue weighted by molar-refractivity contribution is 9.10. The number of benzene rings is 2. The van der Waals surface area contributed by atoms with E-state index >= 15 is 0 Å². The molecule has 2 aromatic rings. The minimum Gasteiger partial charge on any atom is -0.497 e. The van der Waals surface area contributed by atoms with E-state index < -0.39 is 5.92 Å². The Kier molecular flexibility index (Phi) is 6.16. The van der Waals surface area contributed by atoms with Crippen LogP contribution in [-0.2, 0) is 9.53 Å². The van der Waals surface area contributed by atoms with Crippen LogP contribution >= 0.6 is 15.9 Å². The fourth-order valence-electron chi connectivity index (χ4n) is 3.31. The lowest BCUT2D eigenvalue weighted by molar-refractivity contribution is -0.140. The topological polar surface area (TPSA) is 61.8 Å². The second-order valence-corrected chi connectivity index (χ2v) is 7.29. The van der Waals surface area contributed by atoms with E-state index in [0.717, 1.165) is 10.0 Å². The van der Waals surface area contributed by atoms with Gasteiger partial charge in [0.15, 0.2) is 5.78 Å². The number of Topliss-reactive ketones (excluding diaryl/α,β-unsaturated/α-hetero) is 1. The highest BCUT2D eigenvalue weighted by Crippen LogP contribution is 2.43. The van der Waals surface area contributed by atoms with Crippen molar-refractivity contribution in [2.24, 2.45) is 0 Å². The fourth-order valence-corrected chi connectivity index (χ4v) is 3.58. The van der Waals surface area contributed by atoms with E-state index in [4.69, 9.17) is 14.2 Å². The van der Waals surface area contributed by atoms with Gasteiger partial charge in [0, 0.05) is 22.0 Å². The van der Waals surface area contributed by atoms with Crippen molar-refractivity contribution in [2.45, 2.75) is 31.3 Å². The molecule has 1 aliphatic rings. The second-order valence-electron chi connectivity index (χ2n) is 6.38. The summed E-state index contributed by atoms with van der Waals surface area (Å²) in [4.78, 5) is 24.7. The summed E-state index contributed by atoms with van der Waals surface area (Å²) in [6, 6.07) is 12.8. The third-order valence-electron chi connectivity index (χ3n) is 4.71. The number of rotatable bonds is 7. The third kappa shape index (κ3) is 4.33. The van der Waals surface area contributed by atoms with Gasteiger partial charge in [-0.3, -0.25) is 9.59 Å². The normalized spacial score (nSPS) is 17.7. The molecule has 1 aliphatic heterocycles. The van der Waals surface area contributed by atoms with E-state index in [1.54, 1.807) is 19.2 Å². The van der Waals surface area contributed by atoms with Crippen molar-refractivity contribution < 1.29 is 23.8 Å². The van der Waals surface area contributed by atoms with Crippen LogP contribution in [0.5, 0.6) is 11.5 Å². The maximum atomic E-state index is 13.3. The zero-order valence-electron chi connectivity index (χ0n) is 15.2. The molecule has 0 bridgehead atoms. The first kappa shape index (κ1) is 19.4. The minimum absolute atomic E-state index is 0.00225. The molecule has 0 spiro atoms. The smallest absolute Gasteiger partial charge is 0.305 e. The number of carbonyl (C=O) groups is 2. The van der Waals surface area contributed by atoms with Gasteiger partial charge in [-0.05, 0) is 43.2 Å². The zero-order chi connectivity index (χ0) is 19.4. The molecule has 0 fully saturated rings. The summed E-state index contributed by atoms with van der Waals surface area (Å²) in [5, 5.41) is 0. The van der Waals surface area contributed by atoms with Crippen molar-refractivity contribution in [3.63, 3.8) is 0 Å². The van der Waals surface area contributed by atoms with Crippen LogP contribution in [0.15, 0.2) is 46.9 Å². The van der Waals surface area contributed by atoms with Crippen molar-refractivity contribution in [1.29, 1.82) is 0 Å². The zero-order valence-corrected chi connectivity index (χ0v) is 16.8. The minimum atomic E-state index is -0.436. The molecule has 0 amide bonds. The lowest BCUT2D eigenvalue weighted by Crippen LogP contribution is -2.26. The lowest BCUT2D eigenvalue weighted by atomic mass is 9.85. The van der Waals surface area contributed by atoms with Crippen molar-refractivity contribution in [2.75, 3.05) is 14.2 Å². The maximum absolute atomic E-state index is 13.3. The molecule has 27 heavy (non-hydrogen) atoms. The summed E-state index contributed by atoms with van der Waals surface area (Å²) in [5.41, 5.74) is 1.45. The average molecular weight is 433 g/mol. The van der Waals surface area contributed by atoms with Gasteiger partial charge in [-0.2, -0.15) is 0 Å². The molecule has 2 unspecified atom stereocenters. The summed E-state index contributed by atoms with van der Waals surface area (Å²) in [5.74, 6) is 0.671. The molecule has 0 N–H and O–H groups in total. The molecular formula is C21H21BrO5. The van der Waals surface area contributed by atoms with Gasteiger partial charge in [-0.15, -0.1) is 0 Å². The van der Waals surface area contributed by atoms with Crippen LogP contribution in [0.2, 0.25) is 0 Å². The van der Waals surface area contributed by atoms with Gasteiger partial charge in [-0.1, -0.05) is 28.1 Å². The van der Waals surface area contributed by atoms with Gasteiger partial charge >= 0.3 is 5.97 Å². The summed E-state index contributed by atoms with van der Waals surface area (Å²) in [7, 11) is 2.97. The lowest BCUT2D eigenvalue weighted by Gasteiger charge is -2.18. The average Bonchev–Trinajstić information content (AvgIpc) is 3.05. The molecule has 5 nitrogen and oxygen atoms in total. The largest absolute Gasteiger partial charge is 0.497 e. The third-order valence-corrected chi connectivity index (χ3v) is 5.24. The van der Waals surface area contributed by atoms with Crippen molar-refractivity contribution in [3.8, 4) is 11.5 Å². The summed E-state index contributed by atoms with van der Waals surface area (Å²) in [6.07, 6.45) is 1.15. The van der Waals surface area contributed by atoms with Crippen molar-refractivity contribution in [3.05, 3.63) is 58.1 Å². The molecule has 142 valence electrons. The number of hydrogen-bond donors (Lipinski definition) is 0. The number of ketones is 1. The molecule has 3 rings (SSSR count). The first-order valence-corrected chi connectivity index (χ1v) is 9.54. The van der Waals surface area contributed by atoms with Gasteiger partial charge in [-0.25, -0.2) is 0 Å². The van der Waals surface area contributed by atoms with E-state index in [1.807, 2.05) is 30.3 Å². The summed E-state index contributed by atoms with van der Waals surface area (Å²) < 4.78 is 17.0. The van der Waals surface area contributed by atoms with Crippen molar-refractivity contribution >= 4 is 27.7 Å². The summed E-state index contributed by atoms with van der Waals surface area (Å²) >= 11 is 3.39. The molecule has 0 radical (unpaired) electrons. The quantitative estimate of drug-likeness (QED) is 0.475. The van der Waals surface area contributed by atoms with Crippen LogP contribution in [0.1, 0.15) is 41.1 Å². The van der Waals surface area contributed by atoms with Gasteiger partial charge < -0.3 is 14.2 Å². The molecule has 0 aliphatic carbocycles. The van der Waals surface area contributed by atoms with E-state index in [0.29, 0.717) is 36.3 Å². The van der Waals surface area contributed by atoms with Crippen LogP contribution in [0.3, 0.4) is 0 Å². The van der Waals surface area contributed by atoms with E-state index in [9.17, 15) is 9.59 Å².